The molecule has 0 saturated heterocycles. The zero-order chi connectivity index (χ0) is 15.1. The Kier molecular flexibility index (Phi) is 5.69. The Morgan fingerprint density at radius 1 is 1.10 bits per heavy atom. The molecule has 2 rings (SSSR count). The Labute approximate surface area is 129 Å². The maximum atomic E-state index is 10.7. The first-order valence-corrected chi connectivity index (χ1v) is 7.90. The normalized spacial score (nSPS) is 10.3. The van der Waals surface area contributed by atoms with Crippen LogP contribution in [0, 0.1) is 6.92 Å². The molecule has 1 N–H and O–H groups in total. The molecule has 0 spiro atoms. The molecule has 21 heavy (non-hydrogen) atoms. The molecule has 2 aromatic carbocycles. The van der Waals surface area contributed by atoms with Gasteiger partial charge < -0.3 is 9.84 Å². The number of carboxylic acids is 1. The Morgan fingerprint density at radius 3 is 2.38 bits per heavy atom. The smallest absolute Gasteiger partial charge is 0.335 e. The lowest BCUT2D eigenvalue weighted by atomic mass is 10.1. The first-order valence-electron chi connectivity index (χ1n) is 6.74. The van der Waals surface area contributed by atoms with E-state index in [4.69, 9.17) is 9.84 Å². The molecule has 0 fully saturated rings. The summed E-state index contributed by atoms with van der Waals surface area (Å²) in [7, 11) is 0. The van der Waals surface area contributed by atoms with E-state index in [1.54, 1.807) is 23.9 Å². The molecule has 0 atom stereocenters. The number of carboxylic acid groups (broad SMARTS) is 1. The van der Waals surface area contributed by atoms with Crippen molar-refractivity contribution < 1.29 is 14.6 Å². The predicted molar refractivity (Wildman–Crippen MR) is 86.2 cm³/mol. The molecule has 0 aliphatic rings. The lowest BCUT2D eigenvalue weighted by Crippen LogP contribution is -2.00. The van der Waals surface area contributed by atoms with Gasteiger partial charge in [0.1, 0.15) is 5.75 Å². The highest BCUT2D eigenvalue weighted by molar-refractivity contribution is 7.98. The van der Waals surface area contributed by atoms with Crippen LogP contribution < -0.4 is 4.74 Å². The quantitative estimate of drug-likeness (QED) is 0.785. The van der Waals surface area contributed by atoms with Crippen molar-refractivity contribution in [3.63, 3.8) is 0 Å². The maximum Gasteiger partial charge on any atom is 0.335 e. The van der Waals surface area contributed by atoms with Gasteiger partial charge in [-0.2, -0.15) is 11.8 Å². The highest BCUT2D eigenvalue weighted by Gasteiger charge is 2.01. The topological polar surface area (TPSA) is 46.5 Å². The molecule has 0 heterocycles. The summed E-state index contributed by atoms with van der Waals surface area (Å²) in [6.07, 6.45) is 0. The van der Waals surface area contributed by atoms with E-state index >= 15 is 0 Å². The predicted octanol–water partition coefficient (Wildman–Crippen LogP) is 4.01. The number of aromatic carboxylic acids is 1. The van der Waals surface area contributed by atoms with Gasteiger partial charge >= 0.3 is 5.97 Å². The lowest BCUT2D eigenvalue weighted by Gasteiger charge is -2.06. The number of ether oxygens (including phenoxy) is 1. The van der Waals surface area contributed by atoms with Crippen molar-refractivity contribution >= 4 is 17.7 Å². The molecule has 0 aliphatic heterocycles. The number of benzene rings is 2. The van der Waals surface area contributed by atoms with E-state index in [-0.39, 0.29) is 0 Å². The number of carbonyl (C=O) groups is 1. The number of aryl methyl sites for hydroxylation is 1. The highest BCUT2D eigenvalue weighted by atomic mass is 32.2. The first-order chi connectivity index (χ1) is 10.1. The van der Waals surface area contributed by atoms with Gasteiger partial charge in [0.15, 0.2) is 0 Å². The van der Waals surface area contributed by atoms with Crippen molar-refractivity contribution in [1.82, 2.24) is 0 Å². The van der Waals surface area contributed by atoms with E-state index in [9.17, 15) is 4.79 Å². The van der Waals surface area contributed by atoms with Crippen LogP contribution in [0.3, 0.4) is 0 Å². The molecule has 0 radical (unpaired) electrons. The van der Waals surface area contributed by atoms with Crippen LogP contribution in [-0.4, -0.2) is 23.4 Å². The average Bonchev–Trinajstić information content (AvgIpc) is 2.49. The molecule has 110 valence electrons. The Bertz CT molecular complexity index is 576. The van der Waals surface area contributed by atoms with Crippen LogP contribution in [0.25, 0.3) is 0 Å². The molecule has 2 aromatic rings. The van der Waals surface area contributed by atoms with Crippen LogP contribution in [0.2, 0.25) is 0 Å². The molecular formula is C17H18O3S. The Balaban J connectivity index is 1.67. The fourth-order valence-electron chi connectivity index (χ4n) is 1.79. The van der Waals surface area contributed by atoms with E-state index in [1.165, 1.54) is 5.56 Å². The van der Waals surface area contributed by atoms with Crippen molar-refractivity contribution in [3.05, 3.63) is 65.2 Å². The summed E-state index contributed by atoms with van der Waals surface area (Å²) in [6.45, 7) is 2.72. The zero-order valence-corrected chi connectivity index (χ0v) is 12.7. The fourth-order valence-corrected chi connectivity index (χ4v) is 2.56. The van der Waals surface area contributed by atoms with Crippen molar-refractivity contribution in [3.8, 4) is 5.75 Å². The fraction of sp³-hybridized carbons (Fsp3) is 0.235. The first kappa shape index (κ1) is 15.4. The minimum absolute atomic E-state index is 0.325. The average molecular weight is 302 g/mol. The lowest BCUT2D eigenvalue weighted by molar-refractivity contribution is 0.0697. The van der Waals surface area contributed by atoms with Crippen molar-refractivity contribution in [2.24, 2.45) is 0 Å². The summed E-state index contributed by atoms with van der Waals surface area (Å²) < 4.78 is 5.65. The van der Waals surface area contributed by atoms with E-state index in [0.29, 0.717) is 12.2 Å². The third kappa shape index (κ3) is 5.16. The SMILES string of the molecule is Cc1ccc(OCCSCc2ccc(C(=O)O)cc2)cc1. The van der Waals surface area contributed by atoms with Crippen LogP contribution in [0.5, 0.6) is 5.75 Å². The maximum absolute atomic E-state index is 10.7. The van der Waals surface area contributed by atoms with E-state index < -0.39 is 5.97 Å². The van der Waals surface area contributed by atoms with Crippen LogP contribution >= 0.6 is 11.8 Å². The van der Waals surface area contributed by atoms with Crippen LogP contribution in [0.1, 0.15) is 21.5 Å². The Hall–Kier alpha value is -1.94. The van der Waals surface area contributed by atoms with Crippen molar-refractivity contribution in [2.75, 3.05) is 12.4 Å². The van der Waals surface area contributed by atoms with Gasteiger partial charge in [-0.15, -0.1) is 0 Å². The third-order valence-corrected chi connectivity index (χ3v) is 3.98. The van der Waals surface area contributed by atoms with E-state index in [0.717, 1.165) is 22.8 Å². The minimum atomic E-state index is -0.888. The second-order valence-electron chi connectivity index (χ2n) is 4.72. The molecule has 4 heteroatoms. The minimum Gasteiger partial charge on any atom is -0.493 e. The standard InChI is InChI=1S/C17H18O3S/c1-13-2-8-16(9-3-13)20-10-11-21-12-14-4-6-15(7-5-14)17(18)19/h2-9H,10-12H2,1H3,(H,18,19). The van der Waals surface area contributed by atoms with Crippen LogP contribution in [-0.2, 0) is 5.75 Å². The molecule has 3 nitrogen and oxygen atoms in total. The number of hydrogen-bond donors (Lipinski definition) is 1. The molecule has 0 saturated carbocycles. The van der Waals surface area contributed by atoms with Gasteiger partial charge in [-0.1, -0.05) is 29.8 Å². The second kappa shape index (κ2) is 7.74. The molecule has 0 bridgehead atoms. The van der Waals surface area contributed by atoms with Gasteiger partial charge in [-0.3, -0.25) is 0 Å². The summed E-state index contributed by atoms with van der Waals surface area (Å²) in [6, 6.07) is 15.0. The summed E-state index contributed by atoms with van der Waals surface area (Å²) in [5, 5.41) is 8.83. The van der Waals surface area contributed by atoms with Gasteiger partial charge in [0.25, 0.3) is 0 Å². The van der Waals surface area contributed by atoms with Gasteiger partial charge in [-0.05, 0) is 36.8 Å². The number of thioether (sulfide) groups is 1. The second-order valence-corrected chi connectivity index (χ2v) is 5.82. The molecule has 0 aliphatic carbocycles. The molecule has 0 unspecified atom stereocenters. The Morgan fingerprint density at radius 2 is 1.76 bits per heavy atom. The number of rotatable bonds is 7. The summed E-state index contributed by atoms with van der Waals surface area (Å²) in [4.78, 5) is 10.7. The van der Waals surface area contributed by atoms with Gasteiger partial charge in [0.05, 0.1) is 12.2 Å². The molecule has 0 amide bonds. The number of hydrogen-bond acceptors (Lipinski definition) is 3. The van der Waals surface area contributed by atoms with E-state index in [1.807, 2.05) is 36.4 Å². The molecule has 0 aromatic heterocycles. The van der Waals surface area contributed by atoms with Crippen LogP contribution in [0.4, 0.5) is 0 Å². The van der Waals surface area contributed by atoms with E-state index in [2.05, 4.69) is 6.92 Å². The van der Waals surface area contributed by atoms with Gasteiger partial charge in [-0.25, -0.2) is 4.79 Å². The largest absolute Gasteiger partial charge is 0.493 e. The van der Waals surface area contributed by atoms with Crippen molar-refractivity contribution in [1.29, 1.82) is 0 Å². The monoisotopic (exact) mass is 302 g/mol. The summed E-state index contributed by atoms with van der Waals surface area (Å²) >= 11 is 1.77. The third-order valence-electron chi connectivity index (χ3n) is 2.99. The van der Waals surface area contributed by atoms with Crippen molar-refractivity contribution in [2.45, 2.75) is 12.7 Å². The van der Waals surface area contributed by atoms with Gasteiger partial charge in [0.2, 0.25) is 0 Å². The zero-order valence-electron chi connectivity index (χ0n) is 11.9. The van der Waals surface area contributed by atoms with Gasteiger partial charge in [0, 0.05) is 11.5 Å². The molecular weight excluding hydrogens is 284 g/mol. The summed E-state index contributed by atoms with van der Waals surface area (Å²) in [5.74, 6) is 1.76. The van der Waals surface area contributed by atoms with Crippen LogP contribution in [0.15, 0.2) is 48.5 Å². The highest BCUT2D eigenvalue weighted by Crippen LogP contribution is 2.15. The summed E-state index contributed by atoms with van der Waals surface area (Å²) in [5.41, 5.74) is 2.67.